The number of nitrogens with one attached hydrogen (secondary N) is 1. The summed E-state index contributed by atoms with van der Waals surface area (Å²) in [6.07, 6.45) is 1.39. The molecule has 0 saturated heterocycles. The van der Waals surface area contributed by atoms with Crippen LogP contribution in [-0.4, -0.2) is 11.7 Å². The summed E-state index contributed by atoms with van der Waals surface area (Å²) in [7, 11) is 0. The van der Waals surface area contributed by atoms with Crippen molar-refractivity contribution >= 4 is 40.0 Å². The Balaban J connectivity index is 1.84. The van der Waals surface area contributed by atoms with Crippen molar-refractivity contribution in [1.29, 1.82) is 0 Å². The lowest BCUT2D eigenvalue weighted by molar-refractivity contribution is -0.116. The number of carbonyl (C=O) groups is 2. The molecule has 1 N–H and O–H groups in total. The number of benzene rings is 2. The van der Waals surface area contributed by atoms with Gasteiger partial charge in [-0.05, 0) is 58.8 Å². The molecule has 0 saturated carbocycles. The van der Waals surface area contributed by atoms with Crippen molar-refractivity contribution in [3.8, 4) is 0 Å². The lowest BCUT2D eigenvalue weighted by Gasteiger charge is -2.06. The molecule has 0 unspecified atom stereocenters. The molecule has 0 spiro atoms. The number of halogens is 1. The summed E-state index contributed by atoms with van der Waals surface area (Å²) in [6, 6.07) is 15.1. The smallest absolute Gasteiger partial charge is 0.224 e. The number of anilines is 1. The minimum Gasteiger partial charge on any atom is -0.326 e. The fourth-order valence-corrected chi connectivity index (χ4v) is 2.41. The highest BCUT2D eigenvalue weighted by Gasteiger charge is 2.09. The van der Waals surface area contributed by atoms with E-state index in [0.29, 0.717) is 5.56 Å². The van der Waals surface area contributed by atoms with E-state index in [-0.39, 0.29) is 24.5 Å². The van der Waals surface area contributed by atoms with Gasteiger partial charge in [0.1, 0.15) is 0 Å². The van der Waals surface area contributed by atoms with Crippen LogP contribution >= 0.6 is 22.6 Å². The molecule has 2 rings (SSSR count). The summed E-state index contributed by atoms with van der Waals surface area (Å²) >= 11 is 2.19. The fraction of sp³-hybridized carbons (Fsp3) is 0.222. The van der Waals surface area contributed by atoms with Gasteiger partial charge in [0, 0.05) is 27.7 Å². The first-order valence-corrected chi connectivity index (χ1v) is 8.34. The van der Waals surface area contributed by atoms with Gasteiger partial charge in [-0.2, -0.15) is 0 Å². The quantitative estimate of drug-likeness (QED) is 0.568. The van der Waals surface area contributed by atoms with Crippen LogP contribution in [0, 0.1) is 3.57 Å². The second-order valence-corrected chi connectivity index (χ2v) is 6.27. The van der Waals surface area contributed by atoms with Crippen LogP contribution in [0.25, 0.3) is 0 Å². The molecule has 0 aliphatic heterocycles. The predicted octanol–water partition coefficient (Wildman–Crippen LogP) is 4.46. The number of aryl methyl sites for hydroxylation is 1. The number of ketones is 1. The van der Waals surface area contributed by atoms with Gasteiger partial charge in [-0.3, -0.25) is 9.59 Å². The van der Waals surface area contributed by atoms with E-state index >= 15 is 0 Å². The topological polar surface area (TPSA) is 46.2 Å². The normalized spacial score (nSPS) is 10.3. The summed E-state index contributed by atoms with van der Waals surface area (Å²) < 4.78 is 1.09. The van der Waals surface area contributed by atoms with Crippen molar-refractivity contribution in [2.45, 2.75) is 26.2 Å². The van der Waals surface area contributed by atoms with Crippen LogP contribution in [0.2, 0.25) is 0 Å². The van der Waals surface area contributed by atoms with E-state index in [1.165, 1.54) is 5.56 Å². The maximum absolute atomic E-state index is 12.0. The average molecular weight is 407 g/mol. The Morgan fingerprint density at radius 1 is 0.955 bits per heavy atom. The average Bonchev–Trinajstić information content (AvgIpc) is 2.54. The van der Waals surface area contributed by atoms with Crippen molar-refractivity contribution in [3.05, 3.63) is 63.2 Å². The van der Waals surface area contributed by atoms with Crippen LogP contribution in [0.5, 0.6) is 0 Å². The van der Waals surface area contributed by atoms with Crippen molar-refractivity contribution in [2.24, 2.45) is 0 Å². The Kier molecular flexibility index (Phi) is 6.12. The molecule has 0 fully saturated rings. The molecule has 1 amide bonds. The van der Waals surface area contributed by atoms with Crippen molar-refractivity contribution in [1.82, 2.24) is 0 Å². The van der Waals surface area contributed by atoms with Crippen LogP contribution in [0.4, 0.5) is 5.69 Å². The van der Waals surface area contributed by atoms with Crippen molar-refractivity contribution in [2.75, 3.05) is 5.32 Å². The Morgan fingerprint density at radius 2 is 1.59 bits per heavy atom. The van der Waals surface area contributed by atoms with Gasteiger partial charge in [-0.15, -0.1) is 0 Å². The molecule has 114 valence electrons. The highest BCUT2D eigenvalue weighted by molar-refractivity contribution is 14.1. The molecule has 0 aliphatic carbocycles. The predicted molar refractivity (Wildman–Crippen MR) is 97.2 cm³/mol. The second-order valence-electron chi connectivity index (χ2n) is 5.03. The van der Waals surface area contributed by atoms with Crippen LogP contribution in [-0.2, 0) is 11.2 Å². The minimum absolute atomic E-state index is 0.00659. The summed E-state index contributed by atoms with van der Waals surface area (Å²) in [6.45, 7) is 2.09. The second kappa shape index (κ2) is 8.08. The molecule has 0 heterocycles. The molecule has 2 aromatic rings. The lowest BCUT2D eigenvalue weighted by atomic mass is 10.1. The largest absolute Gasteiger partial charge is 0.326 e. The maximum atomic E-state index is 12.0. The Labute approximate surface area is 144 Å². The van der Waals surface area contributed by atoms with Gasteiger partial charge in [0.25, 0.3) is 0 Å². The van der Waals surface area contributed by atoms with Crippen LogP contribution in [0.1, 0.15) is 35.7 Å². The van der Waals surface area contributed by atoms with Crippen LogP contribution in [0.15, 0.2) is 48.5 Å². The number of hydrogen-bond acceptors (Lipinski definition) is 2. The highest BCUT2D eigenvalue weighted by Crippen LogP contribution is 2.12. The first-order chi connectivity index (χ1) is 10.6. The molecule has 4 heteroatoms. The highest BCUT2D eigenvalue weighted by atomic mass is 127. The standard InChI is InChI=1S/C18H18INO2/c1-2-13-3-9-16(10-4-13)20-18(22)12-11-17(21)14-5-7-15(19)8-6-14/h3-10H,2,11-12H2,1H3,(H,20,22). The van der Waals surface area contributed by atoms with E-state index in [9.17, 15) is 9.59 Å². The molecule has 2 aromatic carbocycles. The van der Waals surface area contributed by atoms with E-state index in [0.717, 1.165) is 15.7 Å². The summed E-state index contributed by atoms with van der Waals surface area (Å²) in [5.74, 6) is -0.143. The Hall–Kier alpha value is -1.69. The van der Waals surface area contributed by atoms with Gasteiger partial charge in [-0.25, -0.2) is 0 Å². The van der Waals surface area contributed by atoms with E-state index in [2.05, 4.69) is 34.8 Å². The third-order valence-electron chi connectivity index (χ3n) is 3.39. The van der Waals surface area contributed by atoms with E-state index in [1.54, 1.807) is 12.1 Å². The van der Waals surface area contributed by atoms with E-state index in [4.69, 9.17) is 0 Å². The Bertz CT molecular complexity index is 648. The molecule has 22 heavy (non-hydrogen) atoms. The molecule has 0 bridgehead atoms. The summed E-state index contributed by atoms with van der Waals surface area (Å²) in [5, 5.41) is 2.82. The van der Waals surface area contributed by atoms with Gasteiger partial charge < -0.3 is 5.32 Å². The van der Waals surface area contributed by atoms with Crippen LogP contribution < -0.4 is 5.32 Å². The van der Waals surface area contributed by atoms with Gasteiger partial charge in [0.15, 0.2) is 5.78 Å². The van der Waals surface area contributed by atoms with Gasteiger partial charge in [-0.1, -0.05) is 31.2 Å². The first-order valence-electron chi connectivity index (χ1n) is 7.26. The number of hydrogen-bond donors (Lipinski definition) is 1. The zero-order valence-electron chi connectivity index (χ0n) is 12.4. The van der Waals surface area contributed by atoms with Gasteiger partial charge >= 0.3 is 0 Å². The number of rotatable bonds is 6. The molecule has 0 aliphatic rings. The van der Waals surface area contributed by atoms with E-state index < -0.39 is 0 Å². The van der Waals surface area contributed by atoms with Gasteiger partial charge in [0.2, 0.25) is 5.91 Å². The molecule has 0 aromatic heterocycles. The molecule has 3 nitrogen and oxygen atoms in total. The number of Topliss-reactive ketones (excluding diaryl/α,β-unsaturated/α-hetero) is 1. The molecular formula is C18H18INO2. The van der Waals surface area contributed by atoms with Crippen LogP contribution in [0.3, 0.4) is 0 Å². The fourth-order valence-electron chi connectivity index (χ4n) is 2.05. The molecular weight excluding hydrogens is 389 g/mol. The van der Waals surface area contributed by atoms with Crippen molar-refractivity contribution in [3.63, 3.8) is 0 Å². The summed E-state index contributed by atoms with van der Waals surface area (Å²) in [5.41, 5.74) is 2.65. The van der Waals surface area contributed by atoms with Crippen molar-refractivity contribution < 1.29 is 9.59 Å². The van der Waals surface area contributed by atoms with Gasteiger partial charge in [0.05, 0.1) is 0 Å². The zero-order valence-corrected chi connectivity index (χ0v) is 14.6. The SMILES string of the molecule is CCc1ccc(NC(=O)CCC(=O)c2ccc(I)cc2)cc1. The first kappa shape index (κ1) is 16.7. The number of amides is 1. The third-order valence-corrected chi connectivity index (χ3v) is 4.11. The lowest BCUT2D eigenvalue weighted by Crippen LogP contribution is -2.13. The molecule has 0 radical (unpaired) electrons. The summed E-state index contributed by atoms with van der Waals surface area (Å²) in [4.78, 5) is 23.9. The number of carbonyl (C=O) groups excluding carboxylic acids is 2. The molecule has 0 atom stereocenters. The Morgan fingerprint density at radius 3 is 2.18 bits per heavy atom. The zero-order chi connectivity index (χ0) is 15.9. The van der Waals surface area contributed by atoms with E-state index in [1.807, 2.05) is 36.4 Å². The third kappa shape index (κ3) is 4.94. The minimum atomic E-state index is -0.136. The maximum Gasteiger partial charge on any atom is 0.224 e. The monoisotopic (exact) mass is 407 g/mol.